The van der Waals surface area contributed by atoms with Crippen LogP contribution in [-0.2, 0) is 0 Å². The minimum atomic E-state index is -3.99. The third kappa shape index (κ3) is 3.22. The summed E-state index contributed by atoms with van der Waals surface area (Å²) in [6, 6.07) is 0.262. The molecule has 0 fully saturated rings. The van der Waals surface area contributed by atoms with Gasteiger partial charge in [0, 0.05) is 23.9 Å². The van der Waals surface area contributed by atoms with E-state index in [4.69, 9.17) is 19.2 Å². The summed E-state index contributed by atoms with van der Waals surface area (Å²) in [7, 11) is 0. The normalized spacial score (nSPS) is 26.2. The first kappa shape index (κ1) is 4.44. The van der Waals surface area contributed by atoms with Crippen molar-refractivity contribution in [2.45, 2.75) is 32.1 Å². The molecule has 0 spiro atoms. The molecule has 0 saturated heterocycles. The minimum Gasteiger partial charge on any atom is -0.784 e. The third-order valence-electron chi connectivity index (χ3n) is 2.47. The zero-order valence-electron chi connectivity index (χ0n) is 23.8. The molecule has 0 aliphatic rings. The molecule has 0 aliphatic carbocycles. The zero-order chi connectivity index (χ0) is 25.7. The molecule has 0 amide bonds. The Kier molecular flexibility index (Phi) is 1.30. The first-order chi connectivity index (χ1) is 14.8. The van der Waals surface area contributed by atoms with Crippen LogP contribution in [0.1, 0.15) is 56.9 Å². The lowest BCUT2D eigenvalue weighted by atomic mass is 9.95. The first-order valence-electron chi connectivity index (χ1n) is 12.4. The van der Waals surface area contributed by atoms with E-state index in [1.165, 1.54) is 30.3 Å². The Balaban J connectivity index is 3.08. The van der Waals surface area contributed by atoms with Gasteiger partial charge in [-0.05, 0) is 31.7 Å². The Labute approximate surface area is 134 Å². The van der Waals surface area contributed by atoms with E-state index in [9.17, 15) is 5.21 Å². The summed E-state index contributed by atoms with van der Waals surface area (Å²) in [5.74, 6) is 0. The van der Waals surface area contributed by atoms with Gasteiger partial charge < -0.3 is 10.3 Å². The molecule has 2 rings (SSSR count). The molecule has 0 radical (unpaired) electrons. The van der Waals surface area contributed by atoms with Crippen molar-refractivity contribution in [2.75, 3.05) is 0 Å². The zero-order valence-corrected chi connectivity index (χ0v) is 9.82. The average molecular weight is 268 g/mol. The summed E-state index contributed by atoms with van der Waals surface area (Å²) in [6.07, 6.45) is 0. The van der Waals surface area contributed by atoms with Crippen LogP contribution < -0.4 is 0 Å². The van der Waals surface area contributed by atoms with Gasteiger partial charge in [-0.3, -0.25) is 0 Å². The minimum absolute atomic E-state index is 0.159. The molecule has 0 aliphatic heterocycles. The van der Waals surface area contributed by atoms with Crippen molar-refractivity contribution in [1.29, 1.82) is 0 Å². The lowest BCUT2D eigenvalue weighted by Gasteiger charge is -2.47. The van der Waals surface area contributed by atoms with Gasteiger partial charge in [0.25, 0.3) is 0 Å². The molecule has 1 atom stereocenters. The number of rotatable bonds is 3. The van der Waals surface area contributed by atoms with Crippen molar-refractivity contribution in [1.82, 2.24) is 5.06 Å². The Morgan fingerprint density at radius 3 is 2.26 bits per heavy atom. The summed E-state index contributed by atoms with van der Waals surface area (Å²) in [4.78, 5) is 0. The van der Waals surface area contributed by atoms with Crippen LogP contribution in [0, 0.1) is 5.21 Å². The lowest BCUT2D eigenvalue weighted by Crippen LogP contribution is -2.39. The first-order valence-corrected chi connectivity index (χ1v) is 5.40. The van der Waals surface area contributed by atoms with Crippen LogP contribution in [0.25, 0.3) is 0 Å². The Hall–Kier alpha value is -1.64. The van der Waals surface area contributed by atoms with Crippen molar-refractivity contribution >= 4 is 0 Å². The number of nitrogens with zero attached hydrogens (tertiary/aromatic N) is 1. The molecule has 19 heavy (non-hydrogen) atoms. The quantitative estimate of drug-likeness (QED) is 0.772. The maximum absolute atomic E-state index is 13.8. The van der Waals surface area contributed by atoms with Crippen molar-refractivity contribution in [3.63, 3.8) is 0 Å². The standard InChI is InChI=1S/C17H20NO/c1-17(2,3)18(19)16(14-10-6-4-7-11-14)15-12-8-5-9-13-15/h4-13,16H,1-3H3/q-1/i1D3,2D3,3D3,4D,6D,7D,10D,11D. The molecule has 0 saturated carbocycles. The molecule has 0 N–H and O–H groups in total. The average Bonchev–Trinajstić information content (AvgIpc) is 2.65. The highest BCUT2D eigenvalue weighted by Crippen LogP contribution is 2.32. The van der Waals surface area contributed by atoms with Crippen LogP contribution in [0.5, 0.6) is 0 Å². The molecule has 0 aromatic heterocycles. The highest BCUT2D eigenvalue weighted by Gasteiger charge is 2.23. The van der Waals surface area contributed by atoms with Crippen LogP contribution in [0.2, 0.25) is 0 Å². The fourth-order valence-corrected chi connectivity index (χ4v) is 1.64. The summed E-state index contributed by atoms with van der Waals surface area (Å²) in [6.45, 7) is -11.7. The van der Waals surface area contributed by atoms with Gasteiger partial charge in [-0.2, -0.15) is 0 Å². The Morgan fingerprint density at radius 2 is 1.68 bits per heavy atom. The van der Waals surface area contributed by atoms with Crippen LogP contribution in [0.4, 0.5) is 0 Å². The van der Waals surface area contributed by atoms with Gasteiger partial charge in [-0.15, -0.1) is 0 Å². The van der Waals surface area contributed by atoms with Crippen LogP contribution in [0.15, 0.2) is 60.5 Å². The number of benzene rings is 2. The fourth-order valence-electron chi connectivity index (χ4n) is 1.64. The summed E-state index contributed by atoms with van der Waals surface area (Å²) in [5, 5.41) is 13.2. The molecular weight excluding hydrogens is 234 g/mol. The second-order valence-corrected chi connectivity index (χ2v) is 3.89. The Morgan fingerprint density at radius 1 is 1.05 bits per heavy atom. The van der Waals surface area contributed by atoms with E-state index in [0.717, 1.165) is 0 Å². The van der Waals surface area contributed by atoms with E-state index in [-0.39, 0.29) is 5.56 Å². The number of hydroxylamine groups is 2. The molecule has 0 heterocycles. The second-order valence-electron chi connectivity index (χ2n) is 3.89. The molecular formula is C17H20NO-. The highest BCUT2D eigenvalue weighted by molar-refractivity contribution is 5.32. The topological polar surface area (TPSA) is 26.3 Å². The fraction of sp³-hybridized carbons (Fsp3) is 0.294. The van der Waals surface area contributed by atoms with Gasteiger partial charge in [-0.1, -0.05) is 60.5 Å². The van der Waals surface area contributed by atoms with E-state index in [2.05, 4.69) is 0 Å². The highest BCUT2D eigenvalue weighted by atomic mass is 16.5. The SMILES string of the molecule is [2H]c1c([2H])c([2H])c(C(c2ccccc2)N([O-])C(C([2H])([2H])[2H])(C([2H])([2H])[2H])C([2H])([2H])[2H])c([2H])c1[2H]. The maximum atomic E-state index is 13.8. The van der Waals surface area contributed by atoms with Gasteiger partial charge in [0.2, 0.25) is 0 Å². The number of hydrogen-bond acceptors (Lipinski definition) is 2. The van der Waals surface area contributed by atoms with E-state index in [1.54, 1.807) is 0 Å². The van der Waals surface area contributed by atoms with Gasteiger partial charge >= 0.3 is 0 Å². The van der Waals surface area contributed by atoms with Gasteiger partial charge in [0.15, 0.2) is 0 Å². The Bertz CT molecular complexity index is 947. The lowest BCUT2D eigenvalue weighted by molar-refractivity contribution is 0.167. The van der Waals surface area contributed by atoms with Crippen LogP contribution in [0.3, 0.4) is 0 Å². The van der Waals surface area contributed by atoms with Crippen LogP contribution in [-0.4, -0.2) is 10.6 Å². The van der Waals surface area contributed by atoms with Crippen molar-refractivity contribution < 1.29 is 19.2 Å². The van der Waals surface area contributed by atoms with Gasteiger partial charge in [-0.25, -0.2) is 0 Å². The van der Waals surface area contributed by atoms with E-state index < -0.39 is 73.0 Å². The van der Waals surface area contributed by atoms with E-state index in [0.29, 0.717) is 0 Å². The molecule has 2 aromatic rings. The molecule has 2 aromatic carbocycles. The summed E-state index contributed by atoms with van der Waals surface area (Å²) >= 11 is 0. The predicted octanol–water partition coefficient (Wildman–Crippen LogP) is 4.37. The molecule has 2 heteroatoms. The molecule has 100 valence electrons. The van der Waals surface area contributed by atoms with E-state index in [1.807, 2.05) is 0 Å². The predicted molar refractivity (Wildman–Crippen MR) is 79.7 cm³/mol. The van der Waals surface area contributed by atoms with Crippen molar-refractivity contribution in [3.8, 4) is 0 Å². The van der Waals surface area contributed by atoms with Crippen molar-refractivity contribution in [2.24, 2.45) is 0 Å². The largest absolute Gasteiger partial charge is 0.784 e. The molecule has 2 nitrogen and oxygen atoms in total. The summed E-state index contributed by atoms with van der Waals surface area (Å²) in [5.41, 5.74) is -4.89. The monoisotopic (exact) mass is 268 g/mol. The van der Waals surface area contributed by atoms with Crippen molar-refractivity contribution in [3.05, 3.63) is 76.9 Å². The van der Waals surface area contributed by atoms with Crippen LogP contribution >= 0.6 is 0 Å². The van der Waals surface area contributed by atoms with Gasteiger partial charge in [0.1, 0.15) is 0 Å². The maximum Gasteiger partial charge on any atom is 0.0626 e. The third-order valence-corrected chi connectivity index (χ3v) is 2.47. The van der Waals surface area contributed by atoms with Gasteiger partial charge in [0.05, 0.1) is 6.85 Å². The van der Waals surface area contributed by atoms with E-state index >= 15 is 0 Å². The molecule has 0 bridgehead atoms. The summed E-state index contributed by atoms with van der Waals surface area (Å²) < 4.78 is 110. The smallest absolute Gasteiger partial charge is 0.0626 e. The molecule has 1 unspecified atom stereocenters. The second kappa shape index (κ2) is 5.55. The number of hydrogen-bond donors (Lipinski definition) is 0.